The summed E-state index contributed by atoms with van der Waals surface area (Å²) >= 11 is 0. The molecule has 2 aromatic carbocycles. The van der Waals surface area contributed by atoms with Crippen LogP contribution in [0.5, 0.6) is 11.5 Å². The fourth-order valence-electron chi connectivity index (χ4n) is 2.29. The number of rotatable bonds is 4. The molecule has 24 heavy (non-hydrogen) atoms. The topological polar surface area (TPSA) is 89.4 Å². The molecule has 1 aliphatic heterocycles. The normalized spacial score (nSPS) is 15.0. The van der Waals surface area contributed by atoms with E-state index in [4.69, 9.17) is 9.47 Å². The molecule has 3 rings (SSSR count). The molecule has 0 bridgehead atoms. The maximum Gasteiger partial charge on any atom is 0.285 e. The van der Waals surface area contributed by atoms with E-state index in [1.807, 2.05) is 0 Å². The van der Waals surface area contributed by atoms with Gasteiger partial charge in [-0.25, -0.2) is 0 Å². The summed E-state index contributed by atoms with van der Waals surface area (Å²) in [5.41, 5.74) is 3.94. The van der Waals surface area contributed by atoms with Gasteiger partial charge in [0.2, 0.25) is 0 Å². The molecule has 8 heteroatoms. The van der Waals surface area contributed by atoms with Crippen LogP contribution < -0.4 is 14.9 Å². The van der Waals surface area contributed by atoms with Crippen molar-refractivity contribution in [2.45, 2.75) is 4.90 Å². The molecule has 0 unspecified atom stereocenters. The average Bonchev–Trinajstić information content (AvgIpc) is 2.86. The van der Waals surface area contributed by atoms with E-state index in [0.717, 1.165) is 5.56 Å². The molecule has 0 aromatic heterocycles. The fourth-order valence-corrected chi connectivity index (χ4v) is 3.46. The second-order valence-electron chi connectivity index (χ2n) is 4.90. The van der Waals surface area contributed by atoms with Crippen molar-refractivity contribution in [3.8, 4) is 11.5 Å². The molecule has 0 aliphatic carbocycles. The summed E-state index contributed by atoms with van der Waals surface area (Å²) in [4.78, 5) is 0.175. The van der Waals surface area contributed by atoms with E-state index in [2.05, 4.69) is 14.9 Å². The van der Waals surface area contributed by atoms with E-state index in [0.29, 0.717) is 17.1 Å². The molecule has 0 radical (unpaired) electrons. The molecular formula is C16H15N3O4S. The Morgan fingerprint density at radius 2 is 1.83 bits per heavy atom. The molecule has 0 saturated heterocycles. The summed E-state index contributed by atoms with van der Waals surface area (Å²) in [5.74, 6) is 1.39. The Balaban J connectivity index is 1.81. The predicted octanol–water partition coefficient (Wildman–Crippen LogP) is 1.78. The highest BCUT2D eigenvalue weighted by Gasteiger charge is 2.28. The van der Waals surface area contributed by atoms with Crippen LogP contribution in [-0.4, -0.2) is 34.7 Å². The molecule has 0 amide bonds. The largest absolute Gasteiger partial charge is 0.493 e. The molecule has 0 saturated carbocycles. The second-order valence-corrected chi connectivity index (χ2v) is 6.47. The first-order valence-electron chi connectivity index (χ1n) is 7.00. The number of methoxy groups -OCH3 is 2. The summed E-state index contributed by atoms with van der Waals surface area (Å²) in [5, 5.41) is 4.05. The lowest BCUT2D eigenvalue weighted by Gasteiger charge is -2.07. The predicted molar refractivity (Wildman–Crippen MR) is 90.4 cm³/mol. The maximum absolute atomic E-state index is 11.9. The smallest absolute Gasteiger partial charge is 0.285 e. The van der Waals surface area contributed by atoms with Gasteiger partial charge < -0.3 is 9.47 Å². The zero-order valence-corrected chi connectivity index (χ0v) is 13.9. The minimum absolute atomic E-state index is 0.175. The standard InChI is InChI=1S/C16H15N3O4S/c1-22-13-8-7-11(9-14(13)23-2)10-17-18-16-12-5-3-4-6-15(12)24(20,21)19-16/h3-10H,1-2H3,(H,18,19)/b17-10-. The van der Waals surface area contributed by atoms with Crippen LogP contribution in [0.2, 0.25) is 0 Å². The van der Waals surface area contributed by atoms with E-state index in [-0.39, 0.29) is 10.7 Å². The van der Waals surface area contributed by atoms with E-state index in [1.54, 1.807) is 50.6 Å². The van der Waals surface area contributed by atoms with Gasteiger partial charge in [0.05, 0.1) is 20.4 Å². The SMILES string of the molecule is COc1ccc(/C=N\NC2=NS(=O)(=O)c3ccccc32)cc1OC. The first-order chi connectivity index (χ1) is 11.5. The van der Waals surface area contributed by atoms with Gasteiger partial charge in [-0.1, -0.05) is 12.1 Å². The Morgan fingerprint density at radius 1 is 1.08 bits per heavy atom. The third-order valence-corrected chi connectivity index (χ3v) is 4.76. The average molecular weight is 345 g/mol. The number of hydrogen-bond donors (Lipinski definition) is 1. The summed E-state index contributed by atoms with van der Waals surface area (Å²) < 4.78 is 38.0. The fraction of sp³-hybridized carbons (Fsp3) is 0.125. The number of ether oxygens (including phenoxy) is 2. The molecule has 124 valence electrons. The number of nitrogens with one attached hydrogen (secondary N) is 1. The summed E-state index contributed by atoms with van der Waals surface area (Å²) in [6.45, 7) is 0. The lowest BCUT2D eigenvalue weighted by molar-refractivity contribution is 0.355. The molecule has 0 fully saturated rings. The zero-order chi connectivity index (χ0) is 17.2. The van der Waals surface area contributed by atoms with Crippen LogP contribution in [0.25, 0.3) is 0 Å². The molecule has 1 aliphatic rings. The van der Waals surface area contributed by atoms with E-state index in [1.165, 1.54) is 12.3 Å². The highest BCUT2D eigenvalue weighted by atomic mass is 32.2. The molecular weight excluding hydrogens is 330 g/mol. The third-order valence-electron chi connectivity index (χ3n) is 3.42. The quantitative estimate of drug-likeness (QED) is 0.674. The van der Waals surface area contributed by atoms with Crippen molar-refractivity contribution in [3.63, 3.8) is 0 Å². The Kier molecular flexibility index (Phi) is 4.22. The molecule has 2 aromatic rings. The molecule has 1 heterocycles. The Bertz CT molecular complexity index is 936. The number of benzene rings is 2. The van der Waals surface area contributed by atoms with Gasteiger partial charge in [0.25, 0.3) is 10.0 Å². The van der Waals surface area contributed by atoms with Gasteiger partial charge in [-0.15, -0.1) is 4.40 Å². The van der Waals surface area contributed by atoms with Crippen molar-refractivity contribution in [2.75, 3.05) is 14.2 Å². The van der Waals surface area contributed by atoms with Crippen molar-refractivity contribution < 1.29 is 17.9 Å². The Labute approximate surface area is 139 Å². The number of hydrogen-bond acceptors (Lipinski definition) is 6. The van der Waals surface area contributed by atoms with Crippen molar-refractivity contribution in [3.05, 3.63) is 53.6 Å². The van der Waals surface area contributed by atoms with E-state index in [9.17, 15) is 8.42 Å². The maximum atomic E-state index is 11.9. The highest BCUT2D eigenvalue weighted by molar-refractivity contribution is 7.90. The van der Waals surface area contributed by atoms with Gasteiger partial charge in [-0.05, 0) is 35.9 Å². The Morgan fingerprint density at radius 3 is 2.58 bits per heavy atom. The summed E-state index contributed by atoms with van der Waals surface area (Å²) in [7, 11) is -0.548. The van der Waals surface area contributed by atoms with Gasteiger partial charge in [0, 0.05) is 5.56 Å². The van der Waals surface area contributed by atoms with Gasteiger partial charge in [-0.3, -0.25) is 5.43 Å². The number of fused-ring (bicyclic) bond motifs is 1. The lowest BCUT2D eigenvalue weighted by Crippen LogP contribution is -2.17. The highest BCUT2D eigenvalue weighted by Crippen LogP contribution is 2.27. The molecule has 7 nitrogen and oxygen atoms in total. The van der Waals surface area contributed by atoms with Crippen LogP contribution in [0.3, 0.4) is 0 Å². The van der Waals surface area contributed by atoms with Crippen LogP contribution in [0.1, 0.15) is 11.1 Å². The van der Waals surface area contributed by atoms with Crippen LogP contribution >= 0.6 is 0 Å². The second kappa shape index (κ2) is 6.32. The monoisotopic (exact) mass is 345 g/mol. The minimum atomic E-state index is -3.65. The minimum Gasteiger partial charge on any atom is -0.493 e. The number of amidine groups is 1. The summed E-state index contributed by atoms with van der Waals surface area (Å²) in [6.07, 6.45) is 1.54. The van der Waals surface area contributed by atoms with Gasteiger partial charge in [0.15, 0.2) is 17.3 Å². The van der Waals surface area contributed by atoms with Crippen molar-refractivity contribution in [1.82, 2.24) is 5.43 Å². The first kappa shape index (κ1) is 16.0. The van der Waals surface area contributed by atoms with Gasteiger partial charge in [0.1, 0.15) is 4.90 Å². The van der Waals surface area contributed by atoms with Crippen LogP contribution in [0, 0.1) is 0 Å². The van der Waals surface area contributed by atoms with Crippen LogP contribution in [0.4, 0.5) is 0 Å². The third kappa shape index (κ3) is 2.95. The van der Waals surface area contributed by atoms with Gasteiger partial charge >= 0.3 is 0 Å². The summed E-state index contributed by atoms with van der Waals surface area (Å²) in [6, 6.07) is 11.9. The first-order valence-corrected chi connectivity index (χ1v) is 8.44. The van der Waals surface area contributed by atoms with Gasteiger partial charge in [-0.2, -0.15) is 13.5 Å². The number of sulfonamides is 1. The Hall–Kier alpha value is -2.87. The van der Waals surface area contributed by atoms with E-state index < -0.39 is 10.0 Å². The number of hydrazone groups is 1. The molecule has 0 spiro atoms. The van der Waals surface area contributed by atoms with Crippen molar-refractivity contribution in [1.29, 1.82) is 0 Å². The van der Waals surface area contributed by atoms with Crippen molar-refractivity contribution >= 4 is 22.1 Å². The van der Waals surface area contributed by atoms with Crippen molar-refractivity contribution in [2.24, 2.45) is 9.50 Å². The number of nitrogens with zero attached hydrogens (tertiary/aromatic N) is 2. The van der Waals surface area contributed by atoms with Crippen LogP contribution in [0.15, 0.2) is 56.9 Å². The zero-order valence-electron chi connectivity index (χ0n) is 13.1. The lowest BCUT2D eigenvalue weighted by atomic mass is 10.2. The van der Waals surface area contributed by atoms with E-state index >= 15 is 0 Å². The molecule has 1 N–H and O–H groups in total. The molecule has 0 atom stereocenters. The van der Waals surface area contributed by atoms with Crippen LogP contribution in [-0.2, 0) is 10.0 Å².